The summed E-state index contributed by atoms with van der Waals surface area (Å²) >= 11 is 3.67. The molecule has 1 aromatic rings. The zero-order valence-corrected chi connectivity index (χ0v) is 11.1. The first-order chi connectivity index (χ1) is 8.18. The molecule has 2 saturated carbocycles. The van der Waals surface area contributed by atoms with Gasteiger partial charge in [-0.1, -0.05) is 34.8 Å². The van der Waals surface area contributed by atoms with Crippen LogP contribution in [0.2, 0.25) is 0 Å². The van der Waals surface area contributed by atoms with Crippen LogP contribution in [0.4, 0.5) is 8.78 Å². The van der Waals surface area contributed by atoms with Crippen LogP contribution in [0.5, 0.6) is 0 Å². The van der Waals surface area contributed by atoms with E-state index in [1.54, 1.807) is 6.07 Å². The summed E-state index contributed by atoms with van der Waals surface area (Å²) in [4.78, 5) is 0.186. The summed E-state index contributed by atoms with van der Waals surface area (Å²) in [5.41, 5.74) is 0.878. The molecular formula is C14H15BrF2. The van der Waals surface area contributed by atoms with Gasteiger partial charge >= 0.3 is 0 Å². The normalized spacial score (nSPS) is 33.0. The molecule has 0 bridgehead atoms. The number of hydrogen-bond donors (Lipinski definition) is 0. The van der Waals surface area contributed by atoms with E-state index in [1.165, 1.54) is 37.8 Å². The number of rotatable bonds is 2. The molecule has 3 heteroatoms. The molecule has 0 saturated heterocycles. The van der Waals surface area contributed by atoms with Gasteiger partial charge in [0.25, 0.3) is 0 Å². The number of hydrogen-bond acceptors (Lipinski definition) is 0. The first-order valence-corrected chi connectivity index (χ1v) is 7.19. The molecule has 0 N–H and O–H groups in total. The minimum Gasteiger partial charge on any atom is -0.204 e. The van der Waals surface area contributed by atoms with Crippen molar-refractivity contribution in [2.75, 3.05) is 0 Å². The Bertz CT molecular complexity index is 420. The second-order valence-electron chi connectivity index (χ2n) is 5.26. The monoisotopic (exact) mass is 300 g/mol. The minimum atomic E-state index is -0.762. The fraction of sp³-hybridized carbons (Fsp3) is 0.571. The summed E-state index contributed by atoms with van der Waals surface area (Å²) in [6, 6.07) is 4.26. The van der Waals surface area contributed by atoms with Gasteiger partial charge in [0.15, 0.2) is 11.6 Å². The summed E-state index contributed by atoms with van der Waals surface area (Å²) in [6.07, 6.45) is 5.27. The van der Waals surface area contributed by atoms with E-state index in [9.17, 15) is 8.78 Å². The molecule has 0 radical (unpaired) electrons. The summed E-state index contributed by atoms with van der Waals surface area (Å²) in [7, 11) is 0. The summed E-state index contributed by atoms with van der Waals surface area (Å²) < 4.78 is 26.1. The van der Waals surface area contributed by atoms with Gasteiger partial charge in [-0.2, -0.15) is 0 Å². The highest BCUT2D eigenvalue weighted by Crippen LogP contribution is 2.62. The number of benzene rings is 1. The van der Waals surface area contributed by atoms with Crippen LogP contribution in [-0.4, -0.2) is 0 Å². The fourth-order valence-corrected chi connectivity index (χ4v) is 4.46. The number of alkyl halides is 1. The third kappa shape index (κ3) is 2.03. The highest BCUT2D eigenvalue weighted by molar-refractivity contribution is 9.09. The molecule has 17 heavy (non-hydrogen) atoms. The van der Waals surface area contributed by atoms with Crippen molar-refractivity contribution in [1.82, 2.24) is 0 Å². The molecule has 0 nitrogen and oxygen atoms in total. The van der Waals surface area contributed by atoms with Gasteiger partial charge in [-0.25, -0.2) is 8.78 Å². The third-order valence-electron chi connectivity index (χ3n) is 4.32. The van der Waals surface area contributed by atoms with E-state index in [-0.39, 0.29) is 4.83 Å². The van der Waals surface area contributed by atoms with Crippen molar-refractivity contribution < 1.29 is 8.78 Å². The zero-order valence-electron chi connectivity index (χ0n) is 9.50. The standard InChI is InChI=1S/C14H15BrF2/c15-14(8-5-6-11(16)12(17)7-8)13-9-3-1-2-4-10(9)13/h5-7,9-10,13-14H,1-4H2. The molecule has 3 rings (SSSR count). The average molecular weight is 301 g/mol. The van der Waals surface area contributed by atoms with Gasteiger partial charge in [-0.05, 0) is 48.3 Å². The van der Waals surface area contributed by atoms with Crippen molar-refractivity contribution in [2.24, 2.45) is 17.8 Å². The second-order valence-corrected chi connectivity index (χ2v) is 6.25. The summed E-state index contributed by atoms with van der Waals surface area (Å²) in [6.45, 7) is 0. The second kappa shape index (κ2) is 4.34. The lowest BCUT2D eigenvalue weighted by molar-refractivity contribution is 0.480. The van der Waals surface area contributed by atoms with Crippen LogP contribution in [0, 0.1) is 29.4 Å². The summed E-state index contributed by atoms with van der Waals surface area (Å²) in [5, 5.41) is 0. The smallest absolute Gasteiger partial charge is 0.159 e. The molecule has 0 heterocycles. The zero-order chi connectivity index (χ0) is 12.0. The Morgan fingerprint density at radius 1 is 1.06 bits per heavy atom. The van der Waals surface area contributed by atoms with Gasteiger partial charge in [0.05, 0.1) is 0 Å². The predicted molar refractivity (Wildman–Crippen MR) is 67.0 cm³/mol. The molecule has 0 aliphatic heterocycles. The van der Waals surface area contributed by atoms with Crippen molar-refractivity contribution in [3.05, 3.63) is 35.4 Å². The van der Waals surface area contributed by atoms with Gasteiger partial charge in [-0.3, -0.25) is 0 Å². The molecule has 3 atom stereocenters. The van der Waals surface area contributed by atoms with Crippen molar-refractivity contribution in [3.63, 3.8) is 0 Å². The first kappa shape index (κ1) is 11.6. The molecule has 3 unspecified atom stereocenters. The van der Waals surface area contributed by atoms with E-state index in [4.69, 9.17) is 0 Å². The molecule has 0 amide bonds. The Kier molecular flexibility index (Phi) is 2.97. The molecule has 92 valence electrons. The van der Waals surface area contributed by atoms with E-state index >= 15 is 0 Å². The first-order valence-electron chi connectivity index (χ1n) is 6.27. The predicted octanol–water partition coefficient (Wildman–Crippen LogP) is 4.84. The Hall–Kier alpha value is -0.440. The maximum atomic E-state index is 13.2. The largest absolute Gasteiger partial charge is 0.204 e. The molecule has 1 aromatic carbocycles. The van der Waals surface area contributed by atoms with Crippen molar-refractivity contribution in [2.45, 2.75) is 30.5 Å². The number of halogens is 3. The Balaban J connectivity index is 1.78. The lowest BCUT2D eigenvalue weighted by Crippen LogP contribution is -1.97. The van der Waals surface area contributed by atoms with Gasteiger partial charge in [-0.15, -0.1) is 0 Å². The quantitative estimate of drug-likeness (QED) is 0.686. The lowest BCUT2D eigenvalue weighted by Gasteiger charge is -2.10. The minimum absolute atomic E-state index is 0.186. The maximum Gasteiger partial charge on any atom is 0.159 e. The third-order valence-corrected chi connectivity index (χ3v) is 5.46. The Morgan fingerprint density at radius 2 is 1.71 bits per heavy atom. The molecule has 0 aromatic heterocycles. The molecule has 2 aliphatic carbocycles. The van der Waals surface area contributed by atoms with Crippen LogP contribution in [0.3, 0.4) is 0 Å². The highest BCUT2D eigenvalue weighted by atomic mass is 79.9. The van der Waals surface area contributed by atoms with Gasteiger partial charge in [0, 0.05) is 4.83 Å². The lowest BCUT2D eigenvalue weighted by atomic mass is 10.0. The molecular weight excluding hydrogens is 286 g/mol. The van der Waals surface area contributed by atoms with E-state index in [0.29, 0.717) is 5.92 Å². The van der Waals surface area contributed by atoms with Crippen LogP contribution in [0.1, 0.15) is 36.1 Å². The van der Waals surface area contributed by atoms with Crippen LogP contribution < -0.4 is 0 Å². The van der Waals surface area contributed by atoms with Crippen molar-refractivity contribution >= 4 is 15.9 Å². The molecule has 2 fully saturated rings. The average Bonchev–Trinajstić information content (AvgIpc) is 3.06. The Morgan fingerprint density at radius 3 is 2.29 bits per heavy atom. The maximum absolute atomic E-state index is 13.2. The van der Waals surface area contributed by atoms with Gasteiger partial charge in [0.1, 0.15) is 0 Å². The fourth-order valence-electron chi connectivity index (χ4n) is 3.39. The van der Waals surface area contributed by atoms with Crippen molar-refractivity contribution in [1.29, 1.82) is 0 Å². The topological polar surface area (TPSA) is 0 Å². The highest BCUT2D eigenvalue weighted by Gasteiger charge is 2.53. The van der Waals surface area contributed by atoms with Crippen LogP contribution in [-0.2, 0) is 0 Å². The van der Waals surface area contributed by atoms with Gasteiger partial charge < -0.3 is 0 Å². The van der Waals surface area contributed by atoms with Gasteiger partial charge in [0.2, 0.25) is 0 Å². The van der Waals surface area contributed by atoms with E-state index < -0.39 is 11.6 Å². The Labute approximate surface area is 109 Å². The summed E-state index contributed by atoms with van der Waals surface area (Å²) in [5.74, 6) is 0.738. The molecule has 2 aliphatic rings. The number of fused-ring (bicyclic) bond motifs is 1. The van der Waals surface area contributed by atoms with Crippen LogP contribution in [0.15, 0.2) is 18.2 Å². The SMILES string of the molecule is Fc1ccc(C(Br)C2C3CCCCC32)cc1F. The van der Waals surface area contributed by atoms with E-state index in [0.717, 1.165) is 17.4 Å². The van der Waals surface area contributed by atoms with Crippen molar-refractivity contribution in [3.8, 4) is 0 Å². The van der Waals surface area contributed by atoms with E-state index in [2.05, 4.69) is 15.9 Å². The molecule has 0 spiro atoms. The van der Waals surface area contributed by atoms with Crippen LogP contribution in [0.25, 0.3) is 0 Å². The van der Waals surface area contributed by atoms with Crippen LogP contribution >= 0.6 is 15.9 Å². The van der Waals surface area contributed by atoms with E-state index in [1.807, 2.05) is 0 Å².